The van der Waals surface area contributed by atoms with E-state index in [2.05, 4.69) is 10.6 Å². The standard InChI is InChI=1S/C17H25N3O3S.ClH/c21-17(16-9-2-3-10-18-16)19-14-7-6-8-15(13-14)24(22,23)20-11-4-1-5-12-20;/h6-8,13,16,18H,1-5,9-12H2,(H,19,21);1H. The largest absolute Gasteiger partial charge is 0.325 e. The van der Waals surface area contributed by atoms with Gasteiger partial charge in [-0.3, -0.25) is 4.79 Å². The van der Waals surface area contributed by atoms with Gasteiger partial charge in [-0.15, -0.1) is 12.4 Å². The highest BCUT2D eigenvalue weighted by Crippen LogP contribution is 2.23. The minimum absolute atomic E-state index is 0. The van der Waals surface area contributed by atoms with Gasteiger partial charge in [0, 0.05) is 18.8 Å². The van der Waals surface area contributed by atoms with E-state index in [9.17, 15) is 13.2 Å². The molecule has 2 aliphatic rings. The summed E-state index contributed by atoms with van der Waals surface area (Å²) in [6.07, 6.45) is 5.84. The van der Waals surface area contributed by atoms with E-state index in [1.165, 1.54) is 0 Å². The quantitative estimate of drug-likeness (QED) is 0.831. The molecule has 1 aromatic carbocycles. The number of nitrogens with zero attached hydrogens (tertiary/aromatic N) is 1. The van der Waals surface area contributed by atoms with E-state index >= 15 is 0 Å². The summed E-state index contributed by atoms with van der Waals surface area (Å²) in [6, 6.07) is 6.38. The number of nitrogens with one attached hydrogen (secondary N) is 2. The van der Waals surface area contributed by atoms with Crippen LogP contribution in [0.2, 0.25) is 0 Å². The number of benzene rings is 1. The molecule has 1 unspecified atom stereocenters. The molecule has 140 valence electrons. The fourth-order valence-corrected chi connectivity index (χ4v) is 4.86. The van der Waals surface area contributed by atoms with Gasteiger partial charge < -0.3 is 10.6 Å². The van der Waals surface area contributed by atoms with Crippen LogP contribution in [-0.4, -0.2) is 44.3 Å². The van der Waals surface area contributed by atoms with Crippen molar-refractivity contribution in [3.05, 3.63) is 24.3 Å². The third kappa shape index (κ3) is 4.94. The van der Waals surface area contributed by atoms with E-state index in [1.807, 2.05) is 0 Å². The number of piperidine rings is 2. The molecule has 8 heteroatoms. The molecule has 1 aromatic rings. The van der Waals surface area contributed by atoms with E-state index in [-0.39, 0.29) is 29.3 Å². The van der Waals surface area contributed by atoms with E-state index in [0.717, 1.165) is 45.1 Å². The first-order valence-electron chi connectivity index (χ1n) is 8.72. The Kier molecular flexibility index (Phi) is 7.25. The number of anilines is 1. The van der Waals surface area contributed by atoms with Crippen molar-refractivity contribution in [1.29, 1.82) is 0 Å². The summed E-state index contributed by atoms with van der Waals surface area (Å²) in [4.78, 5) is 12.5. The second kappa shape index (κ2) is 8.98. The zero-order valence-corrected chi connectivity index (χ0v) is 15.9. The number of carbonyl (C=O) groups excluding carboxylic acids is 1. The highest BCUT2D eigenvalue weighted by atomic mass is 35.5. The highest BCUT2D eigenvalue weighted by molar-refractivity contribution is 7.89. The average molecular weight is 388 g/mol. The normalized spacial score (nSPS) is 22.0. The maximum absolute atomic E-state index is 12.7. The van der Waals surface area contributed by atoms with Crippen molar-refractivity contribution >= 4 is 34.0 Å². The third-order valence-corrected chi connectivity index (χ3v) is 6.58. The van der Waals surface area contributed by atoms with Gasteiger partial charge in [-0.2, -0.15) is 4.31 Å². The molecule has 0 aromatic heterocycles. The Morgan fingerprint density at radius 1 is 1.12 bits per heavy atom. The van der Waals surface area contributed by atoms with Gasteiger partial charge in [-0.05, 0) is 50.4 Å². The summed E-state index contributed by atoms with van der Waals surface area (Å²) in [5.41, 5.74) is 0.533. The average Bonchev–Trinajstić information content (AvgIpc) is 2.63. The monoisotopic (exact) mass is 387 g/mol. The Hall–Kier alpha value is -1.15. The lowest BCUT2D eigenvalue weighted by Gasteiger charge is -2.26. The molecule has 1 amide bonds. The van der Waals surface area contributed by atoms with Crippen molar-refractivity contribution in [2.75, 3.05) is 25.0 Å². The number of rotatable bonds is 4. The molecule has 2 aliphatic heterocycles. The van der Waals surface area contributed by atoms with Gasteiger partial charge in [-0.1, -0.05) is 18.9 Å². The van der Waals surface area contributed by atoms with Crippen LogP contribution in [0.5, 0.6) is 0 Å². The predicted molar refractivity (Wildman–Crippen MR) is 101 cm³/mol. The molecule has 2 fully saturated rings. The fraction of sp³-hybridized carbons (Fsp3) is 0.588. The van der Waals surface area contributed by atoms with Crippen LogP contribution in [-0.2, 0) is 14.8 Å². The molecule has 6 nitrogen and oxygen atoms in total. The van der Waals surface area contributed by atoms with Crippen molar-refractivity contribution < 1.29 is 13.2 Å². The smallest absolute Gasteiger partial charge is 0.243 e. The van der Waals surface area contributed by atoms with Crippen LogP contribution in [0.15, 0.2) is 29.2 Å². The van der Waals surface area contributed by atoms with Gasteiger partial charge in [0.15, 0.2) is 0 Å². The van der Waals surface area contributed by atoms with Gasteiger partial charge >= 0.3 is 0 Å². The van der Waals surface area contributed by atoms with Gasteiger partial charge in [-0.25, -0.2) is 8.42 Å². The van der Waals surface area contributed by atoms with Crippen molar-refractivity contribution in [2.45, 2.75) is 49.5 Å². The predicted octanol–water partition coefficient (Wildman–Crippen LogP) is 2.36. The first-order chi connectivity index (χ1) is 11.6. The fourth-order valence-electron chi connectivity index (χ4n) is 3.29. The molecule has 0 radical (unpaired) electrons. The topological polar surface area (TPSA) is 78.5 Å². The maximum Gasteiger partial charge on any atom is 0.243 e. The van der Waals surface area contributed by atoms with Crippen LogP contribution in [0.25, 0.3) is 0 Å². The lowest BCUT2D eigenvalue weighted by atomic mass is 10.0. The Morgan fingerprint density at radius 2 is 1.88 bits per heavy atom. The van der Waals surface area contributed by atoms with Crippen molar-refractivity contribution in [3.63, 3.8) is 0 Å². The summed E-state index contributed by atoms with van der Waals surface area (Å²) in [6.45, 7) is 2.00. The first kappa shape index (κ1) is 20.2. The van der Waals surface area contributed by atoms with Crippen LogP contribution in [0.3, 0.4) is 0 Å². The summed E-state index contributed by atoms with van der Waals surface area (Å²) in [5.74, 6) is -0.0952. The highest BCUT2D eigenvalue weighted by Gasteiger charge is 2.26. The van der Waals surface area contributed by atoms with Crippen molar-refractivity contribution in [1.82, 2.24) is 9.62 Å². The van der Waals surface area contributed by atoms with Crippen LogP contribution < -0.4 is 10.6 Å². The van der Waals surface area contributed by atoms with Crippen molar-refractivity contribution in [2.24, 2.45) is 0 Å². The number of carbonyl (C=O) groups is 1. The number of sulfonamides is 1. The number of halogens is 1. The molecular weight excluding hydrogens is 362 g/mol. The van der Waals surface area contributed by atoms with Crippen LogP contribution in [0.1, 0.15) is 38.5 Å². The zero-order valence-electron chi connectivity index (χ0n) is 14.2. The molecule has 3 rings (SSSR count). The molecule has 1 atom stereocenters. The minimum Gasteiger partial charge on any atom is -0.325 e. The summed E-state index contributed by atoms with van der Waals surface area (Å²) in [7, 11) is -3.48. The lowest BCUT2D eigenvalue weighted by molar-refractivity contribution is -0.118. The number of amides is 1. The molecule has 0 aliphatic carbocycles. The first-order valence-corrected chi connectivity index (χ1v) is 10.2. The van der Waals surface area contributed by atoms with Gasteiger partial charge in [0.2, 0.25) is 15.9 Å². The van der Waals surface area contributed by atoms with Gasteiger partial charge in [0.1, 0.15) is 0 Å². The number of hydrogen-bond acceptors (Lipinski definition) is 4. The Labute approximate surface area is 155 Å². The molecule has 0 spiro atoms. The molecule has 2 N–H and O–H groups in total. The molecule has 25 heavy (non-hydrogen) atoms. The number of hydrogen-bond donors (Lipinski definition) is 2. The van der Waals surface area contributed by atoms with E-state index in [1.54, 1.807) is 28.6 Å². The summed E-state index contributed by atoms with van der Waals surface area (Å²) >= 11 is 0. The molecular formula is C17H26ClN3O3S. The Balaban J connectivity index is 0.00000225. The second-order valence-corrected chi connectivity index (χ2v) is 8.42. The van der Waals surface area contributed by atoms with Crippen LogP contribution >= 0.6 is 12.4 Å². The third-order valence-electron chi connectivity index (χ3n) is 4.68. The van der Waals surface area contributed by atoms with E-state index in [4.69, 9.17) is 0 Å². The van der Waals surface area contributed by atoms with E-state index in [0.29, 0.717) is 18.8 Å². The summed E-state index contributed by atoms with van der Waals surface area (Å²) < 4.78 is 27.0. The minimum atomic E-state index is -3.48. The van der Waals surface area contributed by atoms with Crippen LogP contribution in [0.4, 0.5) is 5.69 Å². The van der Waals surface area contributed by atoms with Crippen LogP contribution in [0, 0.1) is 0 Å². The molecule has 2 saturated heterocycles. The van der Waals surface area contributed by atoms with E-state index < -0.39 is 10.0 Å². The lowest BCUT2D eigenvalue weighted by Crippen LogP contribution is -2.43. The molecule has 0 bridgehead atoms. The Morgan fingerprint density at radius 3 is 2.56 bits per heavy atom. The molecule has 0 saturated carbocycles. The molecule has 2 heterocycles. The summed E-state index contributed by atoms with van der Waals surface area (Å²) in [5, 5.41) is 6.04. The van der Waals surface area contributed by atoms with Gasteiger partial charge in [0.05, 0.1) is 10.9 Å². The van der Waals surface area contributed by atoms with Crippen molar-refractivity contribution in [3.8, 4) is 0 Å². The van der Waals surface area contributed by atoms with Gasteiger partial charge in [0.25, 0.3) is 0 Å². The second-order valence-electron chi connectivity index (χ2n) is 6.48. The SMILES string of the molecule is Cl.O=C(Nc1cccc(S(=O)(=O)N2CCCCC2)c1)C1CCCCN1. The zero-order chi connectivity index (χ0) is 17.0. The Bertz CT molecular complexity index is 684. The maximum atomic E-state index is 12.7.